The van der Waals surface area contributed by atoms with Gasteiger partial charge in [0, 0.05) is 21.7 Å². The highest BCUT2D eigenvalue weighted by Gasteiger charge is 2.18. The maximum absolute atomic E-state index is 12.2. The summed E-state index contributed by atoms with van der Waals surface area (Å²) in [7, 11) is 0. The summed E-state index contributed by atoms with van der Waals surface area (Å²) in [6.07, 6.45) is 2.51. The zero-order valence-electron chi connectivity index (χ0n) is 12.5. The highest BCUT2D eigenvalue weighted by Crippen LogP contribution is 2.38. The largest absolute Gasteiger partial charge is 0.435 e. The molecule has 0 radical (unpaired) electrons. The van der Waals surface area contributed by atoms with Crippen molar-refractivity contribution in [2.45, 2.75) is 17.9 Å². The Morgan fingerprint density at radius 1 is 1.08 bits per heavy atom. The van der Waals surface area contributed by atoms with Crippen LogP contribution < -0.4 is 10.1 Å². The number of aromatic nitrogens is 2. The van der Waals surface area contributed by atoms with Gasteiger partial charge in [0.15, 0.2) is 0 Å². The third-order valence-electron chi connectivity index (χ3n) is 3.82. The number of hydrogen-bond acceptors (Lipinski definition) is 5. The van der Waals surface area contributed by atoms with E-state index >= 15 is 0 Å². The van der Waals surface area contributed by atoms with Crippen molar-refractivity contribution in [2.24, 2.45) is 0 Å². The van der Waals surface area contributed by atoms with Gasteiger partial charge in [0.05, 0.1) is 5.52 Å². The third-order valence-corrected chi connectivity index (χ3v) is 4.92. The van der Waals surface area contributed by atoms with Gasteiger partial charge in [-0.1, -0.05) is 0 Å². The number of hydrogen-bond donors (Lipinski definition) is 1. The molecule has 0 spiro atoms. The van der Waals surface area contributed by atoms with Crippen LogP contribution >= 0.6 is 11.8 Å². The van der Waals surface area contributed by atoms with Crippen LogP contribution in [0.15, 0.2) is 47.6 Å². The number of nitrogens with zero attached hydrogens (tertiary/aromatic N) is 2. The molecule has 1 aromatic heterocycles. The molecule has 1 aliphatic heterocycles. The van der Waals surface area contributed by atoms with Crippen LogP contribution in [0, 0.1) is 0 Å². The van der Waals surface area contributed by atoms with Gasteiger partial charge in [-0.2, -0.15) is 8.78 Å². The van der Waals surface area contributed by atoms with Crippen LogP contribution in [0.25, 0.3) is 10.9 Å². The van der Waals surface area contributed by atoms with E-state index in [1.807, 2.05) is 17.8 Å². The van der Waals surface area contributed by atoms with Gasteiger partial charge in [-0.25, -0.2) is 9.97 Å². The van der Waals surface area contributed by atoms with E-state index in [2.05, 4.69) is 26.1 Å². The minimum absolute atomic E-state index is 0.125. The molecule has 7 heteroatoms. The number of anilines is 2. The van der Waals surface area contributed by atoms with Gasteiger partial charge in [-0.05, 0) is 48.4 Å². The van der Waals surface area contributed by atoms with E-state index in [0.717, 1.165) is 34.6 Å². The summed E-state index contributed by atoms with van der Waals surface area (Å²) in [5.74, 6) is 1.91. The van der Waals surface area contributed by atoms with E-state index in [-0.39, 0.29) is 5.75 Å². The monoisotopic (exact) mass is 345 g/mol. The number of thioether (sulfide) groups is 1. The molecule has 0 saturated carbocycles. The van der Waals surface area contributed by atoms with Crippen molar-refractivity contribution in [3.05, 3.63) is 48.3 Å². The number of benzene rings is 2. The fourth-order valence-electron chi connectivity index (χ4n) is 2.80. The molecule has 2 aromatic carbocycles. The van der Waals surface area contributed by atoms with Crippen LogP contribution in [0.4, 0.5) is 20.3 Å². The maximum atomic E-state index is 12.2. The summed E-state index contributed by atoms with van der Waals surface area (Å²) in [6, 6.07) is 10.5. The predicted octanol–water partition coefficient (Wildman–Crippen LogP) is 4.62. The zero-order valence-corrected chi connectivity index (χ0v) is 13.3. The molecular weight excluding hydrogens is 332 g/mol. The van der Waals surface area contributed by atoms with Gasteiger partial charge in [0.1, 0.15) is 17.9 Å². The summed E-state index contributed by atoms with van der Waals surface area (Å²) in [5.41, 5.74) is 2.91. The average molecular weight is 345 g/mol. The zero-order chi connectivity index (χ0) is 16.5. The topological polar surface area (TPSA) is 47.0 Å². The Labute approximate surface area is 141 Å². The standard InChI is InChI=1S/C17H13F2N3OS/c18-17(19)23-11-3-1-10(2-4-11)22-16-15-12-7-8-24-14(12)6-5-13(15)20-9-21-16/h1-6,9,17H,7-8H2,(H,20,21,22). The van der Waals surface area contributed by atoms with Crippen molar-refractivity contribution in [3.63, 3.8) is 0 Å². The Bertz CT molecular complexity index is 887. The van der Waals surface area contributed by atoms with Crippen LogP contribution in [0.1, 0.15) is 5.56 Å². The third kappa shape index (κ3) is 2.87. The molecule has 0 amide bonds. The first-order valence-corrected chi connectivity index (χ1v) is 8.40. The van der Waals surface area contributed by atoms with Crippen molar-refractivity contribution >= 4 is 34.2 Å². The predicted molar refractivity (Wildman–Crippen MR) is 90.3 cm³/mol. The average Bonchev–Trinajstić information content (AvgIpc) is 3.05. The van der Waals surface area contributed by atoms with E-state index in [0.29, 0.717) is 0 Å². The van der Waals surface area contributed by atoms with Gasteiger partial charge >= 0.3 is 6.61 Å². The molecule has 1 N–H and O–H groups in total. The molecule has 0 saturated heterocycles. The van der Waals surface area contributed by atoms with Gasteiger partial charge in [0.25, 0.3) is 0 Å². The molecule has 122 valence electrons. The Balaban J connectivity index is 1.68. The molecule has 0 fully saturated rings. The van der Waals surface area contributed by atoms with Crippen LogP contribution in [-0.2, 0) is 6.42 Å². The van der Waals surface area contributed by atoms with Crippen LogP contribution in [0.5, 0.6) is 5.75 Å². The maximum Gasteiger partial charge on any atom is 0.387 e. The van der Waals surface area contributed by atoms with Crippen molar-refractivity contribution in [3.8, 4) is 5.75 Å². The molecule has 0 atom stereocenters. The lowest BCUT2D eigenvalue weighted by Crippen LogP contribution is -2.02. The van der Waals surface area contributed by atoms with Gasteiger partial charge in [-0.15, -0.1) is 11.8 Å². The fraction of sp³-hybridized carbons (Fsp3) is 0.176. The molecule has 1 aliphatic rings. The summed E-state index contributed by atoms with van der Waals surface area (Å²) in [4.78, 5) is 9.98. The Morgan fingerprint density at radius 2 is 1.92 bits per heavy atom. The van der Waals surface area contributed by atoms with E-state index in [9.17, 15) is 8.78 Å². The molecule has 4 nitrogen and oxygen atoms in total. The molecular formula is C17H13F2N3OS. The van der Waals surface area contributed by atoms with Gasteiger partial charge in [0.2, 0.25) is 0 Å². The van der Waals surface area contributed by atoms with E-state index < -0.39 is 6.61 Å². The molecule has 24 heavy (non-hydrogen) atoms. The summed E-state index contributed by atoms with van der Waals surface area (Å²) in [6.45, 7) is -2.82. The smallest absolute Gasteiger partial charge is 0.387 e. The first-order valence-electron chi connectivity index (χ1n) is 7.42. The van der Waals surface area contributed by atoms with Crippen LogP contribution in [-0.4, -0.2) is 22.3 Å². The molecule has 3 aromatic rings. The van der Waals surface area contributed by atoms with Crippen molar-refractivity contribution in [1.29, 1.82) is 0 Å². The molecule has 0 unspecified atom stereocenters. The van der Waals surface area contributed by atoms with Crippen LogP contribution in [0.2, 0.25) is 0 Å². The van der Waals surface area contributed by atoms with E-state index in [4.69, 9.17) is 0 Å². The number of nitrogens with one attached hydrogen (secondary N) is 1. The number of ether oxygens (including phenoxy) is 1. The summed E-state index contributed by atoms with van der Waals surface area (Å²) in [5, 5.41) is 4.27. The highest BCUT2D eigenvalue weighted by atomic mass is 32.2. The fourth-order valence-corrected chi connectivity index (χ4v) is 3.87. The summed E-state index contributed by atoms with van der Waals surface area (Å²) < 4.78 is 28.8. The normalized spacial score (nSPS) is 13.3. The summed E-state index contributed by atoms with van der Waals surface area (Å²) >= 11 is 1.83. The molecule has 0 bridgehead atoms. The van der Waals surface area contributed by atoms with Crippen LogP contribution in [0.3, 0.4) is 0 Å². The van der Waals surface area contributed by atoms with Crippen molar-refractivity contribution < 1.29 is 13.5 Å². The number of alkyl halides is 2. The number of aryl methyl sites for hydroxylation is 1. The first-order chi connectivity index (χ1) is 11.7. The number of rotatable bonds is 4. The quantitative estimate of drug-likeness (QED) is 0.747. The first kappa shape index (κ1) is 15.1. The number of fused-ring (bicyclic) bond motifs is 3. The van der Waals surface area contributed by atoms with Gasteiger partial charge in [-0.3, -0.25) is 0 Å². The minimum Gasteiger partial charge on any atom is -0.435 e. The van der Waals surface area contributed by atoms with E-state index in [1.54, 1.807) is 12.1 Å². The molecule has 0 aliphatic carbocycles. The highest BCUT2D eigenvalue weighted by molar-refractivity contribution is 7.99. The Kier molecular flexibility index (Phi) is 3.93. The second-order valence-electron chi connectivity index (χ2n) is 5.28. The lowest BCUT2D eigenvalue weighted by molar-refractivity contribution is -0.0498. The number of halogens is 2. The molecule has 4 rings (SSSR count). The second kappa shape index (κ2) is 6.24. The molecule has 2 heterocycles. The van der Waals surface area contributed by atoms with Gasteiger partial charge < -0.3 is 10.1 Å². The second-order valence-corrected chi connectivity index (χ2v) is 6.42. The van der Waals surface area contributed by atoms with Crippen molar-refractivity contribution in [2.75, 3.05) is 11.1 Å². The SMILES string of the molecule is FC(F)Oc1ccc(Nc2ncnc3ccc4c(c23)CCS4)cc1. The Morgan fingerprint density at radius 3 is 2.71 bits per heavy atom. The van der Waals surface area contributed by atoms with Crippen molar-refractivity contribution in [1.82, 2.24) is 9.97 Å². The van der Waals surface area contributed by atoms with E-state index in [1.165, 1.54) is 28.9 Å². The Hall–Kier alpha value is -2.41. The lowest BCUT2D eigenvalue weighted by atomic mass is 10.1. The minimum atomic E-state index is -2.82. The lowest BCUT2D eigenvalue weighted by Gasteiger charge is -2.12.